The Morgan fingerprint density at radius 1 is 1.19 bits per heavy atom. The maximum Gasteiger partial charge on any atom is 0.254 e. The number of fused-ring (bicyclic) bond motifs is 1. The minimum atomic E-state index is 0.272. The summed E-state index contributed by atoms with van der Waals surface area (Å²) in [6.07, 6.45) is 2.73. The second-order valence-corrected chi connectivity index (χ2v) is 7.71. The summed E-state index contributed by atoms with van der Waals surface area (Å²) in [4.78, 5) is 8.53. The Hall–Kier alpha value is -2.47. The molecule has 1 aliphatic rings. The summed E-state index contributed by atoms with van der Waals surface area (Å²) in [6, 6.07) is 13.4. The van der Waals surface area contributed by atoms with E-state index in [-0.39, 0.29) is 5.41 Å². The molecule has 0 radical (unpaired) electrons. The van der Waals surface area contributed by atoms with Gasteiger partial charge in [-0.3, -0.25) is 0 Å². The van der Waals surface area contributed by atoms with Gasteiger partial charge < -0.3 is 10.6 Å². The summed E-state index contributed by atoms with van der Waals surface area (Å²) in [5, 5.41) is 11.4. The SMILES string of the molecule is Cc1cc(NCCNC2CC(c3ccccc3)C2(C)C)n2ncnc2n1. The molecule has 0 spiro atoms. The molecule has 1 aromatic carbocycles. The second-order valence-electron chi connectivity index (χ2n) is 7.71. The van der Waals surface area contributed by atoms with Crippen molar-refractivity contribution < 1.29 is 0 Å². The van der Waals surface area contributed by atoms with Crippen LogP contribution < -0.4 is 10.6 Å². The Balaban J connectivity index is 1.31. The minimum Gasteiger partial charge on any atom is -0.369 e. The van der Waals surface area contributed by atoms with Crippen LogP contribution in [0.1, 0.15) is 37.4 Å². The maximum atomic E-state index is 4.37. The van der Waals surface area contributed by atoms with Crippen molar-refractivity contribution in [3.8, 4) is 0 Å². The van der Waals surface area contributed by atoms with Crippen LogP contribution in [0.4, 0.5) is 5.82 Å². The summed E-state index contributed by atoms with van der Waals surface area (Å²) in [6.45, 7) is 8.45. The third-order valence-corrected chi connectivity index (χ3v) is 5.67. The van der Waals surface area contributed by atoms with Crippen LogP contribution in [0.15, 0.2) is 42.7 Å². The zero-order valence-corrected chi connectivity index (χ0v) is 15.6. The molecule has 6 nitrogen and oxygen atoms in total. The number of anilines is 1. The summed E-state index contributed by atoms with van der Waals surface area (Å²) in [5.74, 6) is 2.19. The van der Waals surface area contributed by atoms with Gasteiger partial charge in [0, 0.05) is 30.9 Å². The molecule has 6 heteroatoms. The Labute approximate surface area is 154 Å². The fraction of sp³-hybridized carbons (Fsp3) is 0.450. The van der Waals surface area contributed by atoms with E-state index in [0.29, 0.717) is 17.7 Å². The van der Waals surface area contributed by atoms with E-state index in [0.717, 1.165) is 24.6 Å². The van der Waals surface area contributed by atoms with Crippen LogP contribution in [0.5, 0.6) is 0 Å². The number of aryl methyl sites for hydroxylation is 1. The Kier molecular flexibility index (Phi) is 4.36. The van der Waals surface area contributed by atoms with Gasteiger partial charge in [0.05, 0.1) is 0 Å². The number of aromatic nitrogens is 4. The Bertz CT molecular complexity index is 886. The van der Waals surface area contributed by atoms with E-state index in [1.807, 2.05) is 13.0 Å². The van der Waals surface area contributed by atoms with E-state index in [9.17, 15) is 0 Å². The minimum absolute atomic E-state index is 0.272. The van der Waals surface area contributed by atoms with E-state index >= 15 is 0 Å². The molecule has 26 heavy (non-hydrogen) atoms. The number of benzene rings is 1. The van der Waals surface area contributed by atoms with E-state index in [2.05, 4.69) is 69.9 Å². The molecule has 1 saturated carbocycles. The molecule has 2 N–H and O–H groups in total. The van der Waals surface area contributed by atoms with Gasteiger partial charge in [-0.25, -0.2) is 4.98 Å². The van der Waals surface area contributed by atoms with Crippen LogP contribution in [0.25, 0.3) is 5.78 Å². The lowest BCUT2D eigenvalue weighted by Crippen LogP contribution is -2.56. The molecular formula is C20H26N6. The quantitative estimate of drug-likeness (QED) is 0.669. The van der Waals surface area contributed by atoms with E-state index in [4.69, 9.17) is 0 Å². The first kappa shape index (κ1) is 17.0. The van der Waals surface area contributed by atoms with Crippen molar-refractivity contribution in [2.24, 2.45) is 5.41 Å². The molecular weight excluding hydrogens is 324 g/mol. The van der Waals surface area contributed by atoms with Crippen molar-refractivity contribution >= 4 is 11.6 Å². The molecule has 0 bridgehead atoms. The lowest BCUT2D eigenvalue weighted by molar-refractivity contribution is 0.0703. The first-order chi connectivity index (χ1) is 12.6. The lowest BCUT2D eigenvalue weighted by atomic mass is 9.56. The van der Waals surface area contributed by atoms with E-state index < -0.39 is 0 Å². The largest absolute Gasteiger partial charge is 0.369 e. The number of nitrogens with one attached hydrogen (secondary N) is 2. The van der Waals surface area contributed by atoms with Crippen molar-refractivity contribution in [1.82, 2.24) is 24.9 Å². The topological polar surface area (TPSA) is 67.1 Å². The fourth-order valence-electron chi connectivity index (χ4n) is 4.02. The predicted molar refractivity (Wildman–Crippen MR) is 103 cm³/mol. The zero-order valence-electron chi connectivity index (χ0n) is 15.6. The molecule has 2 aromatic heterocycles. The third-order valence-electron chi connectivity index (χ3n) is 5.67. The van der Waals surface area contributed by atoms with Crippen molar-refractivity contribution in [1.29, 1.82) is 0 Å². The standard InChI is InChI=1S/C20H26N6/c1-14-11-18(26-19(25-14)23-13-24-26)22-10-9-21-17-12-16(20(17,2)3)15-7-5-4-6-8-15/h4-8,11,13,16-17,21-22H,9-10,12H2,1-3H3. The first-order valence-electron chi connectivity index (χ1n) is 9.25. The number of rotatable bonds is 6. The highest BCUT2D eigenvalue weighted by molar-refractivity contribution is 5.44. The summed E-state index contributed by atoms with van der Waals surface area (Å²) >= 11 is 0. The molecule has 2 atom stereocenters. The molecule has 0 amide bonds. The van der Waals surface area contributed by atoms with Gasteiger partial charge in [-0.1, -0.05) is 44.2 Å². The van der Waals surface area contributed by atoms with Crippen molar-refractivity contribution in [2.45, 2.75) is 39.2 Å². The smallest absolute Gasteiger partial charge is 0.254 e. The van der Waals surface area contributed by atoms with Crippen molar-refractivity contribution in [2.75, 3.05) is 18.4 Å². The van der Waals surface area contributed by atoms with Gasteiger partial charge in [-0.2, -0.15) is 14.6 Å². The van der Waals surface area contributed by atoms with Gasteiger partial charge in [0.2, 0.25) is 0 Å². The third kappa shape index (κ3) is 3.05. The highest BCUT2D eigenvalue weighted by Gasteiger charge is 2.48. The van der Waals surface area contributed by atoms with Gasteiger partial charge in [0.25, 0.3) is 5.78 Å². The second kappa shape index (κ2) is 6.68. The number of hydrogen-bond donors (Lipinski definition) is 2. The van der Waals surface area contributed by atoms with Gasteiger partial charge in [0.15, 0.2) is 0 Å². The summed E-state index contributed by atoms with van der Waals surface area (Å²) in [7, 11) is 0. The normalized spacial score (nSPS) is 21.5. The highest BCUT2D eigenvalue weighted by atomic mass is 15.3. The predicted octanol–water partition coefficient (Wildman–Crippen LogP) is 3.02. The monoisotopic (exact) mass is 350 g/mol. The van der Waals surface area contributed by atoms with Gasteiger partial charge in [0.1, 0.15) is 12.1 Å². The molecule has 2 unspecified atom stereocenters. The average molecular weight is 350 g/mol. The van der Waals surface area contributed by atoms with Crippen LogP contribution in [0.2, 0.25) is 0 Å². The summed E-state index contributed by atoms with van der Waals surface area (Å²) < 4.78 is 1.74. The van der Waals surface area contributed by atoms with Crippen molar-refractivity contribution in [3.63, 3.8) is 0 Å². The Morgan fingerprint density at radius 3 is 2.77 bits per heavy atom. The van der Waals surface area contributed by atoms with E-state index in [1.54, 1.807) is 4.52 Å². The summed E-state index contributed by atoms with van der Waals surface area (Å²) in [5.41, 5.74) is 2.66. The molecule has 0 saturated heterocycles. The molecule has 1 aliphatic carbocycles. The van der Waals surface area contributed by atoms with Crippen LogP contribution in [-0.2, 0) is 0 Å². The van der Waals surface area contributed by atoms with Crippen LogP contribution >= 0.6 is 0 Å². The number of nitrogens with zero attached hydrogens (tertiary/aromatic N) is 4. The van der Waals surface area contributed by atoms with Gasteiger partial charge in [-0.05, 0) is 30.2 Å². The van der Waals surface area contributed by atoms with Crippen LogP contribution in [-0.4, -0.2) is 38.7 Å². The lowest BCUT2D eigenvalue weighted by Gasteiger charge is -2.53. The van der Waals surface area contributed by atoms with Crippen molar-refractivity contribution in [3.05, 3.63) is 54.0 Å². The number of hydrogen-bond acceptors (Lipinski definition) is 5. The maximum absolute atomic E-state index is 4.37. The molecule has 0 aliphatic heterocycles. The average Bonchev–Trinajstić information content (AvgIpc) is 3.09. The van der Waals surface area contributed by atoms with Crippen LogP contribution in [0.3, 0.4) is 0 Å². The van der Waals surface area contributed by atoms with Crippen LogP contribution in [0, 0.1) is 12.3 Å². The Morgan fingerprint density at radius 2 is 2.00 bits per heavy atom. The molecule has 136 valence electrons. The molecule has 1 fully saturated rings. The highest BCUT2D eigenvalue weighted by Crippen LogP contribution is 2.52. The van der Waals surface area contributed by atoms with E-state index in [1.165, 1.54) is 18.3 Å². The van der Waals surface area contributed by atoms with Gasteiger partial charge in [-0.15, -0.1) is 0 Å². The molecule has 4 rings (SSSR count). The fourth-order valence-corrected chi connectivity index (χ4v) is 4.02. The molecule has 2 heterocycles. The first-order valence-corrected chi connectivity index (χ1v) is 9.25. The molecule has 3 aromatic rings. The zero-order chi connectivity index (χ0) is 18.1. The van der Waals surface area contributed by atoms with Gasteiger partial charge >= 0.3 is 0 Å².